The summed E-state index contributed by atoms with van der Waals surface area (Å²) < 4.78 is 22.7. The molecule has 0 unspecified atom stereocenters. The number of rotatable bonds is 11. The number of halogens is 1. The molecule has 0 heterocycles. The van der Waals surface area contributed by atoms with E-state index in [4.69, 9.17) is 10.7 Å². The van der Waals surface area contributed by atoms with Gasteiger partial charge in [0.05, 0.1) is 0 Å². The molecule has 0 aliphatic carbocycles. The fraction of sp³-hybridized carbons (Fsp3) is 0.684. The van der Waals surface area contributed by atoms with Crippen LogP contribution in [0.2, 0.25) is 0 Å². The van der Waals surface area contributed by atoms with Crippen LogP contribution >= 0.6 is 10.7 Å². The summed E-state index contributed by atoms with van der Waals surface area (Å²) in [4.78, 5) is 0. The summed E-state index contributed by atoms with van der Waals surface area (Å²) in [5.41, 5.74) is 1.94. The van der Waals surface area contributed by atoms with E-state index in [1.54, 1.807) is 13.8 Å². The Balaban J connectivity index is 2.53. The zero-order valence-corrected chi connectivity index (χ0v) is 16.3. The molecule has 0 amide bonds. The Labute approximate surface area is 147 Å². The smallest absolute Gasteiger partial charge is 0.211 e. The van der Waals surface area contributed by atoms with Crippen molar-refractivity contribution in [1.29, 1.82) is 0 Å². The zero-order valence-electron chi connectivity index (χ0n) is 14.8. The highest BCUT2D eigenvalue weighted by Gasteiger charge is 2.35. The molecular formula is C19H31ClO2S. The van der Waals surface area contributed by atoms with Gasteiger partial charge in [0.15, 0.2) is 0 Å². The van der Waals surface area contributed by atoms with Gasteiger partial charge in [-0.05, 0) is 37.8 Å². The van der Waals surface area contributed by atoms with Crippen molar-refractivity contribution in [3.63, 3.8) is 0 Å². The van der Waals surface area contributed by atoms with Gasteiger partial charge < -0.3 is 0 Å². The van der Waals surface area contributed by atoms with Crippen LogP contribution in [0.5, 0.6) is 0 Å². The van der Waals surface area contributed by atoms with E-state index in [0.717, 1.165) is 24.0 Å². The fourth-order valence-electron chi connectivity index (χ4n) is 2.91. The van der Waals surface area contributed by atoms with Gasteiger partial charge in [-0.1, -0.05) is 76.1 Å². The van der Waals surface area contributed by atoms with Gasteiger partial charge in [-0.15, -0.1) is 0 Å². The molecule has 1 aromatic rings. The van der Waals surface area contributed by atoms with E-state index in [-0.39, 0.29) is 0 Å². The third-order valence-corrected chi connectivity index (χ3v) is 7.17. The third-order valence-electron chi connectivity index (χ3n) is 4.58. The van der Waals surface area contributed by atoms with Gasteiger partial charge in [0.25, 0.3) is 0 Å². The highest BCUT2D eigenvalue weighted by molar-refractivity contribution is 8.14. The van der Waals surface area contributed by atoms with E-state index >= 15 is 0 Å². The summed E-state index contributed by atoms with van der Waals surface area (Å²) in [7, 11) is 1.99. The van der Waals surface area contributed by atoms with Crippen LogP contribution in [0, 0.1) is 0 Å². The van der Waals surface area contributed by atoms with Gasteiger partial charge in [-0.2, -0.15) is 0 Å². The highest BCUT2D eigenvalue weighted by atomic mass is 35.7. The predicted molar refractivity (Wildman–Crippen MR) is 101 cm³/mol. The number of aryl methyl sites for hydroxylation is 1. The lowest BCUT2D eigenvalue weighted by Gasteiger charge is -2.24. The van der Waals surface area contributed by atoms with Crippen molar-refractivity contribution < 1.29 is 8.42 Å². The van der Waals surface area contributed by atoms with Gasteiger partial charge >= 0.3 is 0 Å². The van der Waals surface area contributed by atoms with Crippen molar-refractivity contribution >= 4 is 19.7 Å². The minimum Gasteiger partial charge on any atom is -0.211 e. The maximum Gasteiger partial charge on any atom is 0.241 e. The molecule has 0 atom stereocenters. The van der Waals surface area contributed by atoms with E-state index in [0.29, 0.717) is 0 Å². The highest BCUT2D eigenvalue weighted by Crippen LogP contribution is 2.35. The Bertz CT molecular complexity index is 564. The first-order chi connectivity index (χ1) is 10.8. The largest absolute Gasteiger partial charge is 0.241 e. The monoisotopic (exact) mass is 358 g/mol. The molecule has 132 valence electrons. The Hall–Kier alpha value is -0.540. The summed E-state index contributed by atoms with van der Waals surface area (Å²) in [6.45, 7) is 5.60. The molecule has 0 saturated carbocycles. The minimum atomic E-state index is -3.65. The van der Waals surface area contributed by atoms with E-state index in [1.807, 2.05) is 24.3 Å². The number of benzene rings is 1. The van der Waals surface area contributed by atoms with E-state index < -0.39 is 13.8 Å². The summed E-state index contributed by atoms with van der Waals surface area (Å²) in [6.07, 6.45) is 11.1. The Kier molecular flexibility index (Phi) is 8.63. The Morgan fingerprint density at radius 1 is 0.913 bits per heavy atom. The molecule has 23 heavy (non-hydrogen) atoms. The second-order valence-electron chi connectivity index (χ2n) is 6.83. The Morgan fingerprint density at radius 3 is 2.00 bits per heavy atom. The maximum atomic E-state index is 11.9. The van der Waals surface area contributed by atoms with E-state index in [2.05, 4.69) is 6.92 Å². The van der Waals surface area contributed by atoms with Crippen LogP contribution in [0.25, 0.3) is 0 Å². The summed E-state index contributed by atoms with van der Waals surface area (Å²) in [6, 6.07) is 7.78. The van der Waals surface area contributed by atoms with Crippen LogP contribution in [0.3, 0.4) is 0 Å². The molecule has 0 saturated heterocycles. The minimum absolute atomic E-state index is 0.831. The molecule has 0 N–H and O–H groups in total. The van der Waals surface area contributed by atoms with E-state index in [9.17, 15) is 8.42 Å². The average molecular weight is 359 g/mol. The van der Waals surface area contributed by atoms with Crippen molar-refractivity contribution in [1.82, 2.24) is 0 Å². The van der Waals surface area contributed by atoms with Crippen LogP contribution < -0.4 is 0 Å². The summed E-state index contributed by atoms with van der Waals surface area (Å²) in [5.74, 6) is 0. The number of hydrogen-bond donors (Lipinski definition) is 0. The topological polar surface area (TPSA) is 34.1 Å². The lowest BCUT2D eigenvalue weighted by Crippen LogP contribution is -2.26. The van der Waals surface area contributed by atoms with Gasteiger partial charge in [-0.25, -0.2) is 8.42 Å². The quantitative estimate of drug-likeness (QED) is 0.350. The fourth-order valence-corrected chi connectivity index (χ4v) is 3.62. The second kappa shape index (κ2) is 9.68. The van der Waals surface area contributed by atoms with E-state index in [1.165, 1.54) is 44.9 Å². The summed E-state index contributed by atoms with van der Waals surface area (Å²) in [5, 5.41) is 0. The van der Waals surface area contributed by atoms with Gasteiger partial charge in [0.1, 0.15) is 4.75 Å². The molecule has 0 fully saturated rings. The van der Waals surface area contributed by atoms with Crippen LogP contribution in [0.15, 0.2) is 24.3 Å². The van der Waals surface area contributed by atoms with Crippen LogP contribution in [0.1, 0.15) is 83.3 Å². The zero-order chi connectivity index (χ0) is 17.3. The molecule has 1 rings (SSSR count). The maximum absolute atomic E-state index is 11.9. The molecule has 0 aromatic heterocycles. The number of hydrogen-bond acceptors (Lipinski definition) is 2. The van der Waals surface area contributed by atoms with Crippen molar-refractivity contribution in [2.75, 3.05) is 0 Å². The van der Waals surface area contributed by atoms with Crippen LogP contribution in [-0.4, -0.2) is 8.42 Å². The van der Waals surface area contributed by atoms with Crippen molar-refractivity contribution in [3.05, 3.63) is 35.4 Å². The Morgan fingerprint density at radius 2 is 1.43 bits per heavy atom. The van der Waals surface area contributed by atoms with Crippen LogP contribution in [-0.2, 0) is 20.2 Å². The lowest BCUT2D eigenvalue weighted by atomic mass is 9.93. The molecule has 0 aliphatic heterocycles. The van der Waals surface area contributed by atoms with Gasteiger partial charge in [-0.3, -0.25) is 0 Å². The average Bonchev–Trinajstić information content (AvgIpc) is 2.49. The first-order valence-corrected chi connectivity index (χ1v) is 11.1. The molecular weight excluding hydrogens is 328 g/mol. The van der Waals surface area contributed by atoms with Crippen molar-refractivity contribution in [3.8, 4) is 0 Å². The predicted octanol–water partition coefficient (Wildman–Crippen LogP) is 6.17. The summed E-state index contributed by atoms with van der Waals surface area (Å²) >= 11 is 0. The third kappa shape index (κ3) is 6.46. The molecule has 0 spiro atoms. The number of unbranched alkanes of at least 4 members (excludes halogenated alkanes) is 7. The van der Waals surface area contributed by atoms with Crippen LogP contribution in [0.4, 0.5) is 0 Å². The molecule has 0 aliphatic rings. The molecule has 4 heteroatoms. The normalized spacial score (nSPS) is 12.5. The first-order valence-electron chi connectivity index (χ1n) is 8.83. The second-order valence-corrected chi connectivity index (χ2v) is 9.95. The lowest BCUT2D eigenvalue weighted by molar-refractivity contribution is 0.563. The molecule has 2 nitrogen and oxygen atoms in total. The molecule has 0 radical (unpaired) electrons. The van der Waals surface area contributed by atoms with Gasteiger partial charge in [0, 0.05) is 10.7 Å². The SMILES string of the molecule is CCCCCCCCCCc1ccccc1C(C)(C)S(=O)(=O)Cl. The standard InChI is InChI=1S/C19H31ClO2S/c1-4-5-6-7-8-9-10-11-14-17-15-12-13-16-18(17)19(2,3)23(20,21)22/h12-13,15-16H,4-11,14H2,1-3H3. The molecule has 0 bridgehead atoms. The van der Waals surface area contributed by atoms with Crippen molar-refractivity contribution in [2.24, 2.45) is 0 Å². The molecule has 1 aromatic carbocycles. The van der Waals surface area contributed by atoms with Gasteiger partial charge in [0.2, 0.25) is 9.05 Å². The first kappa shape index (κ1) is 20.5. The van der Waals surface area contributed by atoms with Crippen molar-refractivity contribution in [2.45, 2.75) is 83.3 Å².